The van der Waals surface area contributed by atoms with Crippen LogP contribution in [0.2, 0.25) is 0 Å². The zero-order valence-corrected chi connectivity index (χ0v) is 9.17. The van der Waals surface area contributed by atoms with Crippen LogP contribution < -0.4 is 11.1 Å². The Bertz CT molecular complexity index is 211. The number of methoxy groups -OCH3 is 1. The van der Waals surface area contributed by atoms with Gasteiger partial charge in [0, 0.05) is 11.6 Å². The van der Waals surface area contributed by atoms with E-state index < -0.39 is 0 Å². The Morgan fingerprint density at radius 1 is 1.50 bits per heavy atom. The molecule has 0 saturated heterocycles. The lowest BCUT2D eigenvalue weighted by atomic mass is 9.84. The van der Waals surface area contributed by atoms with Crippen molar-refractivity contribution in [2.24, 2.45) is 11.7 Å². The summed E-state index contributed by atoms with van der Waals surface area (Å²) in [4.78, 5) is 11.1. The molecule has 0 heterocycles. The second kappa shape index (κ2) is 4.17. The Kier molecular flexibility index (Phi) is 3.37. The summed E-state index contributed by atoms with van der Waals surface area (Å²) in [6.07, 6.45) is 2.85. The van der Waals surface area contributed by atoms with Crippen molar-refractivity contribution in [2.75, 3.05) is 7.11 Å². The first kappa shape index (κ1) is 11.3. The van der Waals surface area contributed by atoms with Crippen molar-refractivity contribution in [1.29, 1.82) is 0 Å². The van der Waals surface area contributed by atoms with Gasteiger partial charge in [0.05, 0.1) is 7.11 Å². The van der Waals surface area contributed by atoms with E-state index in [-0.39, 0.29) is 17.7 Å². The Hall–Kier alpha value is -0.770. The average Bonchev–Trinajstić information content (AvgIpc) is 2.51. The standard InChI is InChI=1S/C10H20N2O2/c1-10(2,11)7-5-4-6-8(7)12-9(13)14-3/h7-8H,4-6,11H2,1-3H3,(H,12,13). The smallest absolute Gasteiger partial charge is 0.407 e. The van der Waals surface area contributed by atoms with Crippen LogP contribution in [0.25, 0.3) is 0 Å². The Labute approximate surface area is 85.2 Å². The summed E-state index contributed by atoms with van der Waals surface area (Å²) in [6, 6.07) is 0.169. The van der Waals surface area contributed by atoms with Gasteiger partial charge < -0.3 is 15.8 Å². The van der Waals surface area contributed by atoms with Gasteiger partial charge in [0.25, 0.3) is 0 Å². The molecule has 0 aromatic heterocycles. The SMILES string of the molecule is COC(=O)NC1CCCC1C(C)(C)N. The van der Waals surface area contributed by atoms with Gasteiger partial charge in [-0.05, 0) is 32.6 Å². The van der Waals surface area contributed by atoms with Gasteiger partial charge in [-0.25, -0.2) is 4.79 Å². The monoisotopic (exact) mass is 200 g/mol. The minimum atomic E-state index is -0.355. The summed E-state index contributed by atoms with van der Waals surface area (Å²) in [5.74, 6) is 0.349. The Balaban J connectivity index is 2.56. The Morgan fingerprint density at radius 3 is 2.64 bits per heavy atom. The minimum absolute atomic E-state index is 0.169. The molecule has 1 fully saturated rings. The Morgan fingerprint density at radius 2 is 2.14 bits per heavy atom. The maximum atomic E-state index is 11.1. The van der Waals surface area contributed by atoms with Crippen molar-refractivity contribution in [2.45, 2.75) is 44.7 Å². The van der Waals surface area contributed by atoms with E-state index in [1.165, 1.54) is 7.11 Å². The largest absolute Gasteiger partial charge is 0.453 e. The number of alkyl carbamates (subject to hydrolysis) is 1. The van der Waals surface area contributed by atoms with Crippen molar-refractivity contribution in [3.05, 3.63) is 0 Å². The molecule has 0 spiro atoms. The van der Waals surface area contributed by atoms with Gasteiger partial charge in [0.2, 0.25) is 0 Å². The highest BCUT2D eigenvalue weighted by Gasteiger charge is 2.37. The lowest BCUT2D eigenvalue weighted by molar-refractivity contribution is 0.158. The number of hydrogen-bond acceptors (Lipinski definition) is 3. The third-order valence-corrected chi connectivity index (χ3v) is 2.96. The van der Waals surface area contributed by atoms with E-state index in [0.29, 0.717) is 5.92 Å². The molecule has 1 amide bonds. The van der Waals surface area contributed by atoms with Gasteiger partial charge in [-0.2, -0.15) is 0 Å². The van der Waals surface area contributed by atoms with Crippen LogP contribution in [-0.2, 0) is 4.74 Å². The molecular formula is C10H20N2O2. The van der Waals surface area contributed by atoms with Crippen LogP contribution >= 0.6 is 0 Å². The first-order chi connectivity index (χ1) is 6.45. The predicted octanol–water partition coefficient (Wildman–Crippen LogP) is 1.25. The number of rotatable bonds is 2. The van der Waals surface area contributed by atoms with E-state index in [1.807, 2.05) is 13.8 Å². The number of carbonyl (C=O) groups excluding carboxylic acids is 1. The van der Waals surface area contributed by atoms with E-state index in [4.69, 9.17) is 5.73 Å². The van der Waals surface area contributed by atoms with Crippen LogP contribution in [0, 0.1) is 5.92 Å². The normalized spacial score (nSPS) is 27.4. The van der Waals surface area contributed by atoms with Crippen LogP contribution in [0.1, 0.15) is 33.1 Å². The quantitative estimate of drug-likeness (QED) is 0.705. The molecule has 4 nitrogen and oxygen atoms in total. The third-order valence-electron chi connectivity index (χ3n) is 2.96. The highest BCUT2D eigenvalue weighted by molar-refractivity contribution is 5.67. The van der Waals surface area contributed by atoms with Crippen molar-refractivity contribution in [1.82, 2.24) is 5.32 Å². The molecule has 1 aliphatic rings. The fourth-order valence-corrected chi connectivity index (χ4v) is 2.23. The van der Waals surface area contributed by atoms with Gasteiger partial charge in [-0.3, -0.25) is 0 Å². The van der Waals surface area contributed by atoms with Gasteiger partial charge in [0.1, 0.15) is 0 Å². The molecule has 1 saturated carbocycles. The maximum absolute atomic E-state index is 11.1. The average molecular weight is 200 g/mol. The summed E-state index contributed by atoms with van der Waals surface area (Å²) in [5.41, 5.74) is 5.82. The van der Waals surface area contributed by atoms with Crippen molar-refractivity contribution in [3.63, 3.8) is 0 Å². The van der Waals surface area contributed by atoms with Crippen molar-refractivity contribution >= 4 is 6.09 Å². The zero-order valence-electron chi connectivity index (χ0n) is 9.17. The van der Waals surface area contributed by atoms with E-state index in [9.17, 15) is 4.79 Å². The summed E-state index contributed by atoms with van der Waals surface area (Å²) in [7, 11) is 1.38. The van der Waals surface area contributed by atoms with Crippen molar-refractivity contribution < 1.29 is 9.53 Å². The maximum Gasteiger partial charge on any atom is 0.407 e. The van der Waals surface area contributed by atoms with Crippen LogP contribution in [0.3, 0.4) is 0 Å². The first-order valence-corrected chi connectivity index (χ1v) is 5.08. The molecular weight excluding hydrogens is 180 g/mol. The topological polar surface area (TPSA) is 64.3 Å². The predicted molar refractivity (Wildman–Crippen MR) is 54.9 cm³/mol. The molecule has 0 radical (unpaired) electrons. The molecule has 0 aromatic carbocycles. The lowest BCUT2D eigenvalue weighted by Gasteiger charge is -2.32. The number of nitrogens with two attached hydrogens (primary N) is 1. The number of ether oxygens (including phenoxy) is 1. The zero-order chi connectivity index (χ0) is 10.8. The lowest BCUT2D eigenvalue weighted by Crippen LogP contribution is -2.50. The van der Waals surface area contributed by atoms with E-state index in [2.05, 4.69) is 10.1 Å². The summed E-state index contributed by atoms with van der Waals surface area (Å²) in [5, 5.41) is 2.84. The molecule has 0 aliphatic heterocycles. The number of carbonyl (C=O) groups is 1. The van der Waals surface area contributed by atoms with Crippen LogP contribution in [0.15, 0.2) is 0 Å². The molecule has 1 rings (SSSR count). The van der Waals surface area contributed by atoms with Crippen LogP contribution in [-0.4, -0.2) is 24.8 Å². The third kappa shape index (κ3) is 2.61. The molecule has 82 valence electrons. The van der Waals surface area contributed by atoms with Gasteiger partial charge in [-0.15, -0.1) is 0 Å². The van der Waals surface area contributed by atoms with Crippen LogP contribution in [0.4, 0.5) is 4.79 Å². The van der Waals surface area contributed by atoms with E-state index in [1.54, 1.807) is 0 Å². The first-order valence-electron chi connectivity index (χ1n) is 5.08. The minimum Gasteiger partial charge on any atom is -0.453 e. The molecule has 3 N–H and O–H groups in total. The van der Waals surface area contributed by atoms with Gasteiger partial charge >= 0.3 is 6.09 Å². The second-order valence-corrected chi connectivity index (χ2v) is 4.60. The fraction of sp³-hybridized carbons (Fsp3) is 0.900. The van der Waals surface area contributed by atoms with Crippen LogP contribution in [0.5, 0.6) is 0 Å². The number of hydrogen-bond donors (Lipinski definition) is 2. The van der Waals surface area contributed by atoms with E-state index >= 15 is 0 Å². The molecule has 2 unspecified atom stereocenters. The molecule has 2 atom stereocenters. The molecule has 0 aromatic rings. The number of nitrogens with one attached hydrogen (secondary N) is 1. The van der Waals surface area contributed by atoms with Crippen molar-refractivity contribution in [3.8, 4) is 0 Å². The van der Waals surface area contributed by atoms with E-state index in [0.717, 1.165) is 19.3 Å². The molecule has 0 bridgehead atoms. The molecule has 14 heavy (non-hydrogen) atoms. The molecule has 4 heteroatoms. The summed E-state index contributed by atoms with van der Waals surface area (Å²) >= 11 is 0. The second-order valence-electron chi connectivity index (χ2n) is 4.60. The molecule has 1 aliphatic carbocycles. The fourth-order valence-electron chi connectivity index (χ4n) is 2.23. The van der Waals surface area contributed by atoms with Gasteiger partial charge in [-0.1, -0.05) is 6.42 Å². The van der Waals surface area contributed by atoms with Gasteiger partial charge in [0.15, 0.2) is 0 Å². The number of amides is 1. The highest BCUT2D eigenvalue weighted by atomic mass is 16.5. The highest BCUT2D eigenvalue weighted by Crippen LogP contribution is 2.32. The summed E-state index contributed by atoms with van der Waals surface area (Å²) in [6.45, 7) is 4.02. The summed E-state index contributed by atoms with van der Waals surface area (Å²) < 4.78 is 4.58.